The van der Waals surface area contributed by atoms with E-state index in [1.165, 1.54) is 0 Å². The molecule has 3 nitrogen and oxygen atoms in total. The molecule has 4 aromatic rings. The lowest BCUT2D eigenvalue weighted by molar-refractivity contribution is 0.103. The molecule has 0 aliphatic heterocycles. The number of aromatic amines is 1. The number of nitrogens with zero attached hydrogens (tertiary/aromatic N) is 1. The Morgan fingerprint density at radius 3 is 2.59 bits per heavy atom. The van der Waals surface area contributed by atoms with Crippen LogP contribution in [-0.4, -0.2) is 15.8 Å². The second-order valence-corrected chi connectivity index (χ2v) is 5.57. The fourth-order valence-corrected chi connectivity index (χ4v) is 2.80. The van der Waals surface area contributed by atoms with Gasteiger partial charge in [0.1, 0.15) is 5.65 Å². The summed E-state index contributed by atoms with van der Waals surface area (Å²) >= 11 is 6.03. The molecule has 0 bridgehead atoms. The average molecular weight is 307 g/mol. The van der Waals surface area contributed by atoms with Crippen molar-refractivity contribution in [1.29, 1.82) is 0 Å². The molecule has 0 aliphatic rings. The van der Waals surface area contributed by atoms with Crippen molar-refractivity contribution in [3.05, 3.63) is 76.9 Å². The van der Waals surface area contributed by atoms with E-state index in [4.69, 9.17) is 11.6 Å². The van der Waals surface area contributed by atoms with Gasteiger partial charge >= 0.3 is 0 Å². The summed E-state index contributed by atoms with van der Waals surface area (Å²) in [5.74, 6) is 0.00633. The number of rotatable bonds is 2. The molecule has 22 heavy (non-hydrogen) atoms. The van der Waals surface area contributed by atoms with Gasteiger partial charge in [-0.3, -0.25) is 4.79 Å². The molecule has 2 aromatic carbocycles. The molecule has 0 aliphatic carbocycles. The van der Waals surface area contributed by atoms with E-state index < -0.39 is 0 Å². The Hall–Kier alpha value is -2.65. The molecule has 1 N–H and O–H groups in total. The van der Waals surface area contributed by atoms with Crippen molar-refractivity contribution in [2.75, 3.05) is 0 Å². The number of ketones is 1. The van der Waals surface area contributed by atoms with Gasteiger partial charge in [0.2, 0.25) is 0 Å². The maximum atomic E-state index is 12.6. The minimum atomic E-state index is 0.00633. The Morgan fingerprint density at radius 1 is 0.955 bits per heavy atom. The normalized spacial score (nSPS) is 11.1. The number of halogens is 1. The Kier molecular flexibility index (Phi) is 2.94. The van der Waals surface area contributed by atoms with E-state index in [1.54, 1.807) is 6.20 Å². The zero-order valence-corrected chi connectivity index (χ0v) is 12.3. The van der Waals surface area contributed by atoms with E-state index in [9.17, 15) is 4.79 Å². The van der Waals surface area contributed by atoms with Gasteiger partial charge in [-0.05, 0) is 24.3 Å². The van der Waals surface area contributed by atoms with E-state index in [0.29, 0.717) is 16.1 Å². The van der Waals surface area contributed by atoms with E-state index >= 15 is 0 Å². The molecule has 0 amide bonds. The number of nitrogens with one attached hydrogen (secondary N) is 1. The number of H-pyrrole nitrogens is 1. The van der Waals surface area contributed by atoms with Gasteiger partial charge in [-0.1, -0.05) is 41.9 Å². The lowest BCUT2D eigenvalue weighted by Gasteiger charge is -2.01. The van der Waals surface area contributed by atoms with Crippen LogP contribution >= 0.6 is 11.6 Å². The Balaban J connectivity index is 1.91. The molecule has 2 heterocycles. The van der Waals surface area contributed by atoms with Crippen LogP contribution < -0.4 is 0 Å². The highest BCUT2D eigenvalue weighted by Crippen LogP contribution is 2.27. The van der Waals surface area contributed by atoms with Gasteiger partial charge in [0, 0.05) is 33.6 Å². The standard InChI is InChI=1S/C18H11ClN2O/c19-13-9-15-14-8-12(17(22)11-4-2-1-3-5-11)6-7-16(14)21-18(15)20-10-13/h1-10H,(H,20,21). The van der Waals surface area contributed by atoms with Gasteiger partial charge in [0.05, 0.1) is 5.02 Å². The lowest BCUT2D eigenvalue weighted by Crippen LogP contribution is -2.00. The van der Waals surface area contributed by atoms with Gasteiger partial charge in [-0.15, -0.1) is 0 Å². The van der Waals surface area contributed by atoms with Crippen molar-refractivity contribution in [2.45, 2.75) is 0 Å². The molecule has 0 radical (unpaired) electrons. The maximum Gasteiger partial charge on any atom is 0.193 e. The van der Waals surface area contributed by atoms with Crippen LogP contribution in [0.4, 0.5) is 0 Å². The molecule has 2 aromatic heterocycles. The molecule has 0 fully saturated rings. The summed E-state index contributed by atoms with van der Waals surface area (Å²) in [6.45, 7) is 0. The smallest absolute Gasteiger partial charge is 0.193 e. The summed E-state index contributed by atoms with van der Waals surface area (Å²) in [5, 5.41) is 2.45. The lowest BCUT2D eigenvalue weighted by atomic mass is 10.0. The fraction of sp³-hybridized carbons (Fsp3) is 0. The maximum absolute atomic E-state index is 12.6. The first-order valence-electron chi connectivity index (χ1n) is 6.89. The van der Waals surface area contributed by atoms with Gasteiger partial charge in [-0.2, -0.15) is 0 Å². The van der Waals surface area contributed by atoms with Gasteiger partial charge in [0.25, 0.3) is 0 Å². The van der Waals surface area contributed by atoms with Crippen LogP contribution in [0.5, 0.6) is 0 Å². The average Bonchev–Trinajstić information content (AvgIpc) is 2.92. The molecule has 0 unspecified atom stereocenters. The second-order valence-electron chi connectivity index (χ2n) is 5.13. The van der Waals surface area contributed by atoms with Crippen LogP contribution in [0.1, 0.15) is 15.9 Å². The number of fused-ring (bicyclic) bond motifs is 3. The molecule has 0 saturated carbocycles. The molecule has 106 valence electrons. The van der Waals surface area contributed by atoms with E-state index in [2.05, 4.69) is 9.97 Å². The predicted octanol–water partition coefficient (Wildman–Crippen LogP) is 4.60. The first-order chi connectivity index (χ1) is 10.7. The van der Waals surface area contributed by atoms with Crippen molar-refractivity contribution in [3.63, 3.8) is 0 Å². The highest BCUT2D eigenvalue weighted by Gasteiger charge is 2.12. The van der Waals surface area contributed by atoms with E-state index in [0.717, 1.165) is 21.9 Å². The van der Waals surface area contributed by atoms with Crippen LogP contribution in [0.3, 0.4) is 0 Å². The zero-order valence-electron chi connectivity index (χ0n) is 11.5. The monoisotopic (exact) mass is 306 g/mol. The Morgan fingerprint density at radius 2 is 1.77 bits per heavy atom. The van der Waals surface area contributed by atoms with E-state index in [1.807, 2.05) is 54.6 Å². The number of carbonyl (C=O) groups is 1. The number of hydrogen-bond donors (Lipinski definition) is 1. The number of carbonyl (C=O) groups excluding carboxylic acids is 1. The summed E-state index contributed by atoms with van der Waals surface area (Å²) in [6.07, 6.45) is 1.61. The first kappa shape index (κ1) is 13.0. The van der Waals surface area contributed by atoms with Crippen molar-refractivity contribution >= 4 is 39.3 Å². The van der Waals surface area contributed by atoms with Crippen LogP contribution in [0.25, 0.3) is 21.9 Å². The van der Waals surface area contributed by atoms with Crippen molar-refractivity contribution in [3.8, 4) is 0 Å². The van der Waals surface area contributed by atoms with Crippen molar-refractivity contribution < 1.29 is 4.79 Å². The number of hydrogen-bond acceptors (Lipinski definition) is 2. The zero-order chi connectivity index (χ0) is 15.1. The van der Waals surface area contributed by atoms with E-state index in [-0.39, 0.29) is 5.78 Å². The number of benzene rings is 2. The minimum absolute atomic E-state index is 0.00633. The second kappa shape index (κ2) is 4.97. The third kappa shape index (κ3) is 2.07. The van der Waals surface area contributed by atoms with Gasteiger partial charge < -0.3 is 4.98 Å². The summed E-state index contributed by atoms with van der Waals surface area (Å²) < 4.78 is 0. The molecule has 0 saturated heterocycles. The highest BCUT2D eigenvalue weighted by atomic mass is 35.5. The van der Waals surface area contributed by atoms with Gasteiger partial charge in [0.15, 0.2) is 5.78 Å². The molecule has 4 rings (SSSR count). The molecular weight excluding hydrogens is 296 g/mol. The topological polar surface area (TPSA) is 45.8 Å². The van der Waals surface area contributed by atoms with Crippen LogP contribution in [0.2, 0.25) is 5.02 Å². The Labute approximate surface area is 131 Å². The van der Waals surface area contributed by atoms with Gasteiger partial charge in [-0.25, -0.2) is 4.98 Å². The van der Waals surface area contributed by atoms with Crippen molar-refractivity contribution in [1.82, 2.24) is 9.97 Å². The van der Waals surface area contributed by atoms with Crippen molar-refractivity contribution in [2.24, 2.45) is 0 Å². The quantitative estimate of drug-likeness (QED) is 0.550. The summed E-state index contributed by atoms with van der Waals surface area (Å²) in [6, 6.07) is 16.7. The summed E-state index contributed by atoms with van der Waals surface area (Å²) in [4.78, 5) is 20.1. The molecule has 4 heteroatoms. The third-order valence-corrected chi connectivity index (χ3v) is 3.92. The van der Waals surface area contributed by atoms with Crippen LogP contribution in [0, 0.1) is 0 Å². The third-order valence-electron chi connectivity index (χ3n) is 3.72. The fourth-order valence-electron chi connectivity index (χ4n) is 2.65. The number of aromatic nitrogens is 2. The Bertz CT molecular complexity index is 1010. The molecule has 0 spiro atoms. The first-order valence-corrected chi connectivity index (χ1v) is 7.27. The van der Waals surface area contributed by atoms with Crippen LogP contribution in [-0.2, 0) is 0 Å². The highest BCUT2D eigenvalue weighted by molar-refractivity contribution is 6.31. The SMILES string of the molecule is O=C(c1ccccc1)c1ccc2[nH]c3ncc(Cl)cc3c2c1. The number of pyridine rings is 1. The predicted molar refractivity (Wildman–Crippen MR) is 88.5 cm³/mol. The summed E-state index contributed by atoms with van der Waals surface area (Å²) in [7, 11) is 0. The van der Waals surface area contributed by atoms with Crippen LogP contribution in [0.15, 0.2) is 60.8 Å². The molecular formula is C18H11ClN2O. The minimum Gasteiger partial charge on any atom is -0.339 e. The summed E-state index contributed by atoms with van der Waals surface area (Å²) in [5.41, 5.74) is 3.04. The largest absolute Gasteiger partial charge is 0.339 e. The molecule has 0 atom stereocenters.